The van der Waals surface area contributed by atoms with Crippen LogP contribution in [-0.2, 0) is 0 Å². The largest absolute Gasteiger partial charge is 0.478 e. The Balaban J connectivity index is 0.00000176. The zero-order chi connectivity index (χ0) is 14.8. The van der Waals surface area contributed by atoms with Crippen LogP contribution in [0.4, 0.5) is 5.69 Å². The average molecular weight is 319 g/mol. The molecule has 2 aromatic carbocycles. The summed E-state index contributed by atoms with van der Waals surface area (Å²) in [6.45, 7) is 0.211. The van der Waals surface area contributed by atoms with Gasteiger partial charge < -0.3 is 15.5 Å². The van der Waals surface area contributed by atoms with Crippen LogP contribution < -0.4 is 5.32 Å². The lowest BCUT2D eigenvalue weighted by molar-refractivity contribution is 0.0697. The number of rotatable bonds is 4. The molecule has 6 heteroatoms. The molecule has 3 N–H and O–H groups in total. The number of aliphatic hydroxyl groups excluding tert-OH is 1. The molecule has 0 saturated carbocycles. The molecule has 3 aromatic rings. The van der Waals surface area contributed by atoms with Crippen molar-refractivity contribution in [2.75, 3.05) is 18.5 Å². The third-order valence-electron chi connectivity index (χ3n) is 3.41. The molecule has 0 fully saturated rings. The molecule has 1 aromatic heterocycles. The van der Waals surface area contributed by atoms with Crippen molar-refractivity contribution < 1.29 is 15.0 Å². The highest BCUT2D eigenvalue weighted by Gasteiger charge is 2.15. The number of benzene rings is 2. The molecule has 0 atom stereocenters. The normalized spacial score (nSPS) is 10.4. The molecule has 1 heterocycles. The molecular formula is C16H15ClN2O3. The predicted molar refractivity (Wildman–Crippen MR) is 89.0 cm³/mol. The van der Waals surface area contributed by atoms with Crippen LogP contribution in [0.1, 0.15) is 10.4 Å². The van der Waals surface area contributed by atoms with Gasteiger partial charge in [-0.15, -0.1) is 12.4 Å². The third kappa shape index (κ3) is 2.68. The Kier molecular flexibility index (Phi) is 4.80. The zero-order valence-electron chi connectivity index (χ0n) is 11.6. The molecule has 0 radical (unpaired) electrons. The number of hydrogen-bond donors (Lipinski definition) is 3. The van der Waals surface area contributed by atoms with Gasteiger partial charge in [0.15, 0.2) is 0 Å². The average Bonchev–Trinajstić information content (AvgIpc) is 2.51. The van der Waals surface area contributed by atoms with Crippen molar-refractivity contribution in [1.29, 1.82) is 0 Å². The van der Waals surface area contributed by atoms with E-state index in [9.17, 15) is 9.90 Å². The quantitative estimate of drug-likeness (QED) is 0.644. The van der Waals surface area contributed by atoms with Gasteiger partial charge in [0.05, 0.1) is 17.8 Å². The lowest BCUT2D eigenvalue weighted by Crippen LogP contribution is -2.11. The SMILES string of the molecule is Cl.O=C(O)c1cnc2c(ccc3ccccc32)c1NCCO. The molecule has 0 unspecified atom stereocenters. The molecule has 5 nitrogen and oxygen atoms in total. The Bertz CT molecular complexity index is 836. The van der Waals surface area contributed by atoms with Crippen LogP contribution in [0.15, 0.2) is 42.6 Å². The first-order chi connectivity index (χ1) is 10.2. The summed E-state index contributed by atoms with van der Waals surface area (Å²) in [6, 6.07) is 11.6. The molecule has 0 aliphatic heterocycles. The van der Waals surface area contributed by atoms with Crippen LogP contribution in [0.2, 0.25) is 0 Å². The Morgan fingerprint density at radius 1 is 1.14 bits per heavy atom. The van der Waals surface area contributed by atoms with Crippen molar-refractivity contribution in [2.45, 2.75) is 0 Å². The molecule has 0 aliphatic rings. The van der Waals surface area contributed by atoms with E-state index in [0.29, 0.717) is 5.69 Å². The monoisotopic (exact) mass is 318 g/mol. The standard InChI is InChI=1S/C16H14N2O3.ClH/c19-8-7-17-15-12-6-5-10-3-1-2-4-11(10)14(12)18-9-13(15)16(20)21;/h1-6,9,19H,7-8H2,(H,17,18)(H,20,21);1H. The van der Waals surface area contributed by atoms with Crippen molar-refractivity contribution in [3.63, 3.8) is 0 Å². The number of aliphatic hydroxyl groups is 1. The van der Waals surface area contributed by atoms with Crippen molar-refractivity contribution in [3.8, 4) is 0 Å². The number of nitrogens with zero attached hydrogens (tertiary/aromatic N) is 1. The van der Waals surface area contributed by atoms with Crippen LogP contribution in [0.5, 0.6) is 0 Å². The molecule has 0 aliphatic carbocycles. The van der Waals surface area contributed by atoms with Gasteiger partial charge in [0.25, 0.3) is 0 Å². The fraction of sp³-hybridized carbons (Fsp3) is 0.125. The van der Waals surface area contributed by atoms with Gasteiger partial charge in [-0.05, 0) is 5.39 Å². The van der Waals surface area contributed by atoms with E-state index in [2.05, 4.69) is 10.3 Å². The first kappa shape index (κ1) is 16.0. The fourth-order valence-corrected chi connectivity index (χ4v) is 2.47. The van der Waals surface area contributed by atoms with Gasteiger partial charge in [-0.3, -0.25) is 4.98 Å². The number of fused-ring (bicyclic) bond motifs is 3. The molecular weight excluding hydrogens is 304 g/mol. The summed E-state index contributed by atoms with van der Waals surface area (Å²) in [5, 5.41) is 24.0. The molecule has 0 bridgehead atoms. The van der Waals surface area contributed by atoms with Gasteiger partial charge >= 0.3 is 5.97 Å². The number of carbonyl (C=O) groups is 1. The van der Waals surface area contributed by atoms with E-state index < -0.39 is 5.97 Å². The maximum atomic E-state index is 11.3. The lowest BCUT2D eigenvalue weighted by Gasteiger charge is -2.13. The first-order valence-electron chi connectivity index (χ1n) is 6.61. The second kappa shape index (κ2) is 6.60. The second-order valence-electron chi connectivity index (χ2n) is 4.69. The van der Waals surface area contributed by atoms with Gasteiger partial charge in [-0.1, -0.05) is 36.4 Å². The summed E-state index contributed by atoms with van der Waals surface area (Å²) in [6.07, 6.45) is 1.36. The Labute approximate surface area is 133 Å². The highest BCUT2D eigenvalue weighted by Crippen LogP contribution is 2.31. The zero-order valence-corrected chi connectivity index (χ0v) is 12.4. The summed E-state index contributed by atoms with van der Waals surface area (Å²) in [5.74, 6) is -1.04. The summed E-state index contributed by atoms with van der Waals surface area (Å²) < 4.78 is 0. The van der Waals surface area contributed by atoms with Crippen molar-refractivity contribution in [3.05, 3.63) is 48.2 Å². The van der Waals surface area contributed by atoms with E-state index in [1.165, 1.54) is 6.20 Å². The second-order valence-corrected chi connectivity index (χ2v) is 4.69. The summed E-state index contributed by atoms with van der Waals surface area (Å²) >= 11 is 0. The van der Waals surface area contributed by atoms with E-state index in [4.69, 9.17) is 5.11 Å². The topological polar surface area (TPSA) is 82.5 Å². The van der Waals surface area contributed by atoms with Crippen LogP contribution in [0.3, 0.4) is 0 Å². The molecule has 22 heavy (non-hydrogen) atoms. The van der Waals surface area contributed by atoms with Crippen LogP contribution in [0.25, 0.3) is 21.7 Å². The summed E-state index contributed by atoms with van der Waals surface area (Å²) in [5.41, 5.74) is 1.34. The van der Waals surface area contributed by atoms with Crippen molar-refractivity contribution in [2.24, 2.45) is 0 Å². The van der Waals surface area contributed by atoms with Crippen LogP contribution in [-0.4, -0.2) is 34.3 Å². The molecule has 0 saturated heterocycles. The van der Waals surface area contributed by atoms with E-state index in [-0.39, 0.29) is 31.1 Å². The summed E-state index contributed by atoms with van der Waals surface area (Å²) in [4.78, 5) is 15.7. The molecule has 114 valence electrons. The highest BCUT2D eigenvalue weighted by molar-refractivity contribution is 6.12. The van der Waals surface area contributed by atoms with Gasteiger partial charge in [-0.2, -0.15) is 0 Å². The Morgan fingerprint density at radius 3 is 2.64 bits per heavy atom. The van der Waals surface area contributed by atoms with E-state index in [0.717, 1.165) is 21.7 Å². The Hall–Kier alpha value is -2.37. The van der Waals surface area contributed by atoms with Gasteiger partial charge in [0.1, 0.15) is 5.56 Å². The number of anilines is 1. The van der Waals surface area contributed by atoms with E-state index in [1.807, 2.05) is 36.4 Å². The van der Waals surface area contributed by atoms with Gasteiger partial charge in [-0.25, -0.2) is 4.79 Å². The van der Waals surface area contributed by atoms with Gasteiger partial charge in [0, 0.05) is 23.5 Å². The number of aromatic nitrogens is 1. The number of hydrogen-bond acceptors (Lipinski definition) is 4. The minimum Gasteiger partial charge on any atom is -0.478 e. The lowest BCUT2D eigenvalue weighted by atomic mass is 10.0. The number of halogens is 1. The van der Waals surface area contributed by atoms with E-state index >= 15 is 0 Å². The van der Waals surface area contributed by atoms with Gasteiger partial charge in [0.2, 0.25) is 0 Å². The Morgan fingerprint density at radius 2 is 1.91 bits per heavy atom. The van der Waals surface area contributed by atoms with Crippen LogP contribution >= 0.6 is 12.4 Å². The van der Waals surface area contributed by atoms with Crippen LogP contribution in [0, 0.1) is 0 Å². The fourth-order valence-electron chi connectivity index (χ4n) is 2.47. The maximum absolute atomic E-state index is 11.3. The third-order valence-corrected chi connectivity index (χ3v) is 3.41. The number of carboxylic acid groups (broad SMARTS) is 1. The molecule has 3 rings (SSSR count). The predicted octanol–water partition coefficient (Wildman–Crippen LogP) is 2.91. The van der Waals surface area contributed by atoms with Crippen molar-refractivity contribution >= 4 is 45.7 Å². The molecule has 0 spiro atoms. The summed E-state index contributed by atoms with van der Waals surface area (Å²) in [7, 11) is 0. The number of aromatic carboxylic acids is 1. The first-order valence-corrected chi connectivity index (χ1v) is 6.61. The smallest absolute Gasteiger partial charge is 0.339 e. The van der Waals surface area contributed by atoms with E-state index in [1.54, 1.807) is 0 Å². The van der Waals surface area contributed by atoms with Crippen molar-refractivity contribution in [1.82, 2.24) is 4.98 Å². The minimum atomic E-state index is -1.04. The number of pyridine rings is 1. The number of nitrogens with one attached hydrogen (secondary N) is 1. The maximum Gasteiger partial charge on any atom is 0.339 e. The highest BCUT2D eigenvalue weighted by atomic mass is 35.5. The number of carboxylic acids is 1. The minimum absolute atomic E-state index is 0. The molecule has 0 amide bonds.